The summed E-state index contributed by atoms with van der Waals surface area (Å²) >= 11 is 0. The molecule has 3 N–H and O–H groups in total. The minimum absolute atomic E-state index is 0.0428. The van der Waals surface area contributed by atoms with E-state index in [0.29, 0.717) is 17.3 Å². The number of piperidine rings is 1. The van der Waals surface area contributed by atoms with Gasteiger partial charge in [-0.3, -0.25) is 4.79 Å². The molecule has 166 valence electrons. The normalized spacial score (nSPS) is 17.1. The van der Waals surface area contributed by atoms with Crippen molar-refractivity contribution in [1.29, 1.82) is 0 Å². The second kappa shape index (κ2) is 7.47. The zero-order valence-electron chi connectivity index (χ0n) is 18.7. The average Bonchev–Trinajstić information content (AvgIpc) is 3.31. The Morgan fingerprint density at radius 2 is 2.00 bits per heavy atom. The molecule has 32 heavy (non-hydrogen) atoms. The van der Waals surface area contributed by atoms with Gasteiger partial charge in [0, 0.05) is 31.4 Å². The molecule has 0 unspecified atom stereocenters. The summed E-state index contributed by atoms with van der Waals surface area (Å²) in [5.41, 5.74) is 10.4. The summed E-state index contributed by atoms with van der Waals surface area (Å²) in [4.78, 5) is 28.1. The summed E-state index contributed by atoms with van der Waals surface area (Å²) in [6, 6.07) is 5.75. The molecule has 10 heteroatoms. The molecule has 0 radical (unpaired) electrons. The molecule has 1 atom stereocenters. The van der Waals surface area contributed by atoms with E-state index in [1.165, 1.54) is 0 Å². The van der Waals surface area contributed by atoms with E-state index in [2.05, 4.69) is 38.8 Å². The third-order valence-corrected chi connectivity index (χ3v) is 6.01. The Hall–Kier alpha value is -3.69. The Balaban J connectivity index is 1.54. The van der Waals surface area contributed by atoms with Gasteiger partial charge in [-0.15, -0.1) is 5.10 Å². The summed E-state index contributed by atoms with van der Waals surface area (Å²) in [6.45, 7) is 6.99. The molecule has 10 nitrogen and oxygen atoms in total. The van der Waals surface area contributed by atoms with Crippen LogP contribution in [-0.2, 0) is 4.79 Å². The molecule has 5 rings (SSSR count). The summed E-state index contributed by atoms with van der Waals surface area (Å²) in [6.07, 6.45) is 3.51. The number of likely N-dealkylation sites (tertiary alicyclic amines) is 1. The number of fused-ring (bicyclic) bond motifs is 2. The number of carbonyl (C=O) groups excluding carboxylic acids is 1. The van der Waals surface area contributed by atoms with Crippen LogP contribution in [0.2, 0.25) is 0 Å². The van der Waals surface area contributed by atoms with E-state index in [4.69, 9.17) is 10.7 Å². The Kier molecular flexibility index (Phi) is 4.72. The molecule has 4 aromatic heterocycles. The fourth-order valence-corrected chi connectivity index (χ4v) is 4.50. The topological polar surface area (TPSA) is 119 Å². The molecule has 0 bridgehead atoms. The van der Waals surface area contributed by atoms with Crippen molar-refractivity contribution in [3.8, 4) is 11.3 Å². The number of anilines is 2. The number of nitrogens with zero attached hydrogens (tertiary/aromatic N) is 7. The van der Waals surface area contributed by atoms with Gasteiger partial charge in [-0.1, -0.05) is 0 Å². The van der Waals surface area contributed by atoms with Crippen molar-refractivity contribution in [1.82, 2.24) is 34.0 Å². The molecular formula is C22H27N9O. The Bertz CT molecular complexity index is 1340. The van der Waals surface area contributed by atoms with E-state index in [0.717, 1.165) is 47.6 Å². The number of aryl methyl sites for hydroxylation is 1. The van der Waals surface area contributed by atoms with Crippen molar-refractivity contribution in [2.75, 3.05) is 24.6 Å². The Labute approximate surface area is 185 Å². The van der Waals surface area contributed by atoms with Crippen molar-refractivity contribution in [2.24, 2.45) is 0 Å². The van der Waals surface area contributed by atoms with Crippen LogP contribution in [-0.4, -0.2) is 59.6 Å². The molecule has 1 aliphatic rings. The molecule has 0 saturated carbocycles. The number of imidazole rings is 1. The first-order valence-electron chi connectivity index (χ1n) is 10.9. The highest BCUT2D eigenvalue weighted by atomic mass is 16.2. The Morgan fingerprint density at radius 3 is 2.78 bits per heavy atom. The van der Waals surface area contributed by atoms with E-state index < -0.39 is 0 Å². The number of aromatic nitrogens is 6. The van der Waals surface area contributed by atoms with Crippen LogP contribution in [0.1, 0.15) is 38.6 Å². The highest BCUT2D eigenvalue weighted by molar-refractivity contribution is 5.89. The standard InChI is InChI=1S/C22H27N9O/c1-12(2)31-13(3)24-16-8-7-15(25-20(16)31)14-9-11-30-18(14)19(23)27-22(28-30)26-17-6-5-10-29(4)21(17)32/h7-9,11-12,17H,5-6,10H2,1-4H3,(H3,23,26,27,28)/t17-/m1/s1. The fraction of sp³-hybridized carbons (Fsp3) is 0.409. The van der Waals surface area contributed by atoms with Crippen LogP contribution in [0.5, 0.6) is 0 Å². The third kappa shape index (κ3) is 3.22. The summed E-state index contributed by atoms with van der Waals surface area (Å²) in [5.74, 6) is 1.64. The number of likely N-dealkylation sites (N-methyl/N-ethyl adjacent to an activating group) is 1. The van der Waals surface area contributed by atoms with Crippen molar-refractivity contribution in [2.45, 2.75) is 45.7 Å². The predicted octanol–water partition coefficient (Wildman–Crippen LogP) is 2.65. The number of nitrogen functional groups attached to an aromatic ring is 1. The molecule has 1 saturated heterocycles. The lowest BCUT2D eigenvalue weighted by Gasteiger charge is -2.29. The zero-order valence-corrected chi connectivity index (χ0v) is 18.7. The van der Waals surface area contributed by atoms with Gasteiger partial charge in [0.15, 0.2) is 11.5 Å². The molecule has 1 aliphatic heterocycles. The van der Waals surface area contributed by atoms with Crippen LogP contribution in [0.25, 0.3) is 27.9 Å². The van der Waals surface area contributed by atoms with Crippen LogP contribution in [0.3, 0.4) is 0 Å². The molecule has 5 heterocycles. The van der Waals surface area contributed by atoms with Gasteiger partial charge in [0.2, 0.25) is 11.9 Å². The molecular weight excluding hydrogens is 406 g/mol. The van der Waals surface area contributed by atoms with Gasteiger partial charge in [-0.2, -0.15) is 4.98 Å². The maximum atomic E-state index is 12.4. The minimum atomic E-state index is -0.343. The van der Waals surface area contributed by atoms with Gasteiger partial charge in [0.05, 0.1) is 5.69 Å². The second-order valence-electron chi connectivity index (χ2n) is 8.60. The molecule has 0 spiro atoms. The highest BCUT2D eigenvalue weighted by Crippen LogP contribution is 2.30. The minimum Gasteiger partial charge on any atom is -0.382 e. The zero-order chi connectivity index (χ0) is 22.6. The van der Waals surface area contributed by atoms with E-state index >= 15 is 0 Å². The quantitative estimate of drug-likeness (QED) is 0.508. The van der Waals surface area contributed by atoms with E-state index in [1.54, 1.807) is 9.42 Å². The highest BCUT2D eigenvalue weighted by Gasteiger charge is 2.27. The van der Waals surface area contributed by atoms with Crippen LogP contribution in [0, 0.1) is 6.92 Å². The lowest BCUT2D eigenvalue weighted by molar-refractivity contribution is -0.132. The molecule has 4 aromatic rings. The molecule has 1 fully saturated rings. The number of nitrogens with two attached hydrogens (primary N) is 1. The number of hydrogen-bond donors (Lipinski definition) is 2. The smallest absolute Gasteiger partial charge is 0.244 e. The predicted molar refractivity (Wildman–Crippen MR) is 123 cm³/mol. The largest absolute Gasteiger partial charge is 0.382 e. The van der Waals surface area contributed by atoms with Gasteiger partial charge in [0.25, 0.3) is 0 Å². The summed E-state index contributed by atoms with van der Waals surface area (Å²) in [5, 5.41) is 7.69. The number of nitrogens with one attached hydrogen (secondary N) is 1. The molecule has 0 aromatic carbocycles. The van der Waals surface area contributed by atoms with Gasteiger partial charge in [0.1, 0.15) is 22.9 Å². The first-order chi connectivity index (χ1) is 15.3. The SMILES string of the molecule is Cc1nc2ccc(-c3ccn4nc(N[C@@H]5CCCN(C)C5=O)nc(N)c34)nc2n1C(C)C. The van der Waals surface area contributed by atoms with Crippen molar-refractivity contribution >= 4 is 34.4 Å². The maximum Gasteiger partial charge on any atom is 0.244 e. The summed E-state index contributed by atoms with van der Waals surface area (Å²) < 4.78 is 3.81. The lowest BCUT2D eigenvalue weighted by Crippen LogP contribution is -2.45. The van der Waals surface area contributed by atoms with E-state index in [-0.39, 0.29) is 18.0 Å². The first kappa shape index (κ1) is 20.2. The Morgan fingerprint density at radius 1 is 1.19 bits per heavy atom. The number of hydrogen-bond acceptors (Lipinski definition) is 7. The fourth-order valence-electron chi connectivity index (χ4n) is 4.50. The van der Waals surface area contributed by atoms with Crippen LogP contribution < -0.4 is 11.1 Å². The van der Waals surface area contributed by atoms with Gasteiger partial charge in [-0.05, 0) is 51.8 Å². The number of carbonyl (C=O) groups is 1. The third-order valence-electron chi connectivity index (χ3n) is 6.01. The number of rotatable bonds is 4. The van der Waals surface area contributed by atoms with E-state index in [1.807, 2.05) is 38.4 Å². The van der Waals surface area contributed by atoms with Gasteiger partial charge in [-0.25, -0.2) is 14.5 Å². The monoisotopic (exact) mass is 433 g/mol. The lowest BCUT2D eigenvalue weighted by atomic mass is 10.1. The van der Waals surface area contributed by atoms with Crippen LogP contribution in [0.15, 0.2) is 24.4 Å². The number of amides is 1. The van der Waals surface area contributed by atoms with E-state index in [9.17, 15) is 4.79 Å². The van der Waals surface area contributed by atoms with Crippen LogP contribution >= 0.6 is 0 Å². The molecule has 1 amide bonds. The van der Waals surface area contributed by atoms with Crippen molar-refractivity contribution in [3.05, 3.63) is 30.2 Å². The van der Waals surface area contributed by atoms with Gasteiger partial charge < -0.3 is 20.5 Å². The van der Waals surface area contributed by atoms with Gasteiger partial charge >= 0.3 is 0 Å². The molecule has 0 aliphatic carbocycles. The first-order valence-corrected chi connectivity index (χ1v) is 10.9. The van der Waals surface area contributed by atoms with Crippen molar-refractivity contribution in [3.63, 3.8) is 0 Å². The van der Waals surface area contributed by atoms with Crippen molar-refractivity contribution < 1.29 is 4.79 Å². The van der Waals surface area contributed by atoms with Crippen LogP contribution in [0.4, 0.5) is 11.8 Å². The average molecular weight is 434 g/mol. The second-order valence-corrected chi connectivity index (χ2v) is 8.60. The summed E-state index contributed by atoms with van der Waals surface area (Å²) in [7, 11) is 1.81. The number of pyridine rings is 1. The maximum absolute atomic E-state index is 12.4.